The Bertz CT molecular complexity index is 1290. The molecule has 2 aliphatic heterocycles. The molecule has 0 saturated carbocycles. The van der Waals surface area contributed by atoms with Gasteiger partial charge in [0.2, 0.25) is 10.8 Å². The third-order valence-corrected chi connectivity index (χ3v) is 8.06. The van der Waals surface area contributed by atoms with Gasteiger partial charge >= 0.3 is 0 Å². The normalized spacial score (nSPS) is 22.3. The summed E-state index contributed by atoms with van der Waals surface area (Å²) in [6.45, 7) is 4.34. The minimum Gasteiger partial charge on any atom is -0.492 e. The lowest BCUT2D eigenvalue weighted by Gasteiger charge is -2.45. The van der Waals surface area contributed by atoms with Crippen molar-refractivity contribution in [3.63, 3.8) is 0 Å². The second-order valence-corrected chi connectivity index (χ2v) is 10.0. The SMILES string of the molecule is Cc1nc2sc([C@@H](c3ccsc3)N3C[C@@H]4C[C@H](C3)c3cccc(=O)n3C4)c(O)n2n1. The van der Waals surface area contributed by atoms with Crippen molar-refractivity contribution in [1.29, 1.82) is 0 Å². The molecule has 154 valence electrons. The first kappa shape index (κ1) is 18.3. The Labute approximate surface area is 180 Å². The zero-order chi connectivity index (χ0) is 20.4. The molecular weight excluding hydrogens is 418 g/mol. The first-order valence-corrected chi connectivity index (χ1v) is 11.9. The molecule has 1 N–H and O–H groups in total. The molecule has 0 radical (unpaired) electrons. The second-order valence-electron chi connectivity index (χ2n) is 8.25. The van der Waals surface area contributed by atoms with Gasteiger partial charge in [-0.1, -0.05) is 17.4 Å². The van der Waals surface area contributed by atoms with Gasteiger partial charge < -0.3 is 9.67 Å². The highest BCUT2D eigenvalue weighted by Crippen LogP contribution is 2.45. The molecule has 3 atom stereocenters. The minimum absolute atomic E-state index is 0.0441. The van der Waals surface area contributed by atoms with Gasteiger partial charge in [-0.3, -0.25) is 9.69 Å². The van der Waals surface area contributed by atoms with E-state index in [1.807, 2.05) is 17.6 Å². The molecule has 0 aliphatic carbocycles. The zero-order valence-corrected chi connectivity index (χ0v) is 18.1. The van der Waals surface area contributed by atoms with E-state index < -0.39 is 0 Å². The van der Waals surface area contributed by atoms with Crippen LogP contribution in [0, 0.1) is 12.8 Å². The highest BCUT2D eigenvalue weighted by atomic mass is 32.1. The van der Waals surface area contributed by atoms with Crippen molar-refractivity contribution in [2.45, 2.75) is 31.8 Å². The summed E-state index contributed by atoms with van der Waals surface area (Å²) in [7, 11) is 0. The number of rotatable bonds is 3. The summed E-state index contributed by atoms with van der Waals surface area (Å²) in [4.78, 5) is 20.9. The van der Waals surface area contributed by atoms with Crippen LogP contribution in [0.3, 0.4) is 0 Å². The van der Waals surface area contributed by atoms with Crippen LogP contribution in [0.4, 0.5) is 0 Å². The average Bonchev–Trinajstić information content (AvgIpc) is 3.43. The lowest BCUT2D eigenvalue weighted by molar-refractivity contribution is 0.0953. The Morgan fingerprint density at radius 2 is 2.13 bits per heavy atom. The van der Waals surface area contributed by atoms with Gasteiger partial charge in [-0.2, -0.15) is 15.9 Å². The Morgan fingerprint density at radius 1 is 1.23 bits per heavy atom. The van der Waals surface area contributed by atoms with Crippen LogP contribution in [-0.2, 0) is 6.54 Å². The van der Waals surface area contributed by atoms with E-state index in [9.17, 15) is 9.90 Å². The van der Waals surface area contributed by atoms with Crippen molar-refractivity contribution in [3.8, 4) is 5.88 Å². The molecule has 6 rings (SSSR count). The fourth-order valence-corrected chi connectivity index (χ4v) is 6.97. The Morgan fingerprint density at radius 3 is 2.93 bits per heavy atom. The zero-order valence-electron chi connectivity index (χ0n) is 16.4. The molecule has 1 fully saturated rings. The van der Waals surface area contributed by atoms with Crippen LogP contribution >= 0.6 is 22.7 Å². The van der Waals surface area contributed by atoms with Crippen LogP contribution in [0.25, 0.3) is 4.96 Å². The lowest BCUT2D eigenvalue weighted by atomic mass is 9.82. The van der Waals surface area contributed by atoms with Gasteiger partial charge in [-0.15, -0.1) is 5.10 Å². The van der Waals surface area contributed by atoms with E-state index in [1.165, 1.54) is 16.9 Å². The molecule has 2 aliphatic rings. The fourth-order valence-electron chi connectivity index (χ4n) is 5.13. The smallest absolute Gasteiger partial charge is 0.250 e. The standard InChI is InChI=1S/C21H21N5O2S2/c1-12-22-21-26(23-12)20(28)19(30-21)18(14-5-6-29-11-14)24-8-13-7-15(10-24)16-3-2-4-17(27)25(16)9-13/h2-6,11,13,15,18,28H,7-10H2,1H3/t13-,15+,18+/m0/s1. The number of hydrogen-bond acceptors (Lipinski definition) is 7. The summed E-state index contributed by atoms with van der Waals surface area (Å²) < 4.78 is 3.51. The van der Waals surface area contributed by atoms with Crippen LogP contribution in [0.2, 0.25) is 0 Å². The number of piperidine rings is 1. The molecule has 0 aromatic carbocycles. The maximum Gasteiger partial charge on any atom is 0.250 e. The van der Waals surface area contributed by atoms with Crippen molar-refractivity contribution in [1.82, 2.24) is 24.1 Å². The molecule has 0 spiro atoms. The van der Waals surface area contributed by atoms with E-state index in [2.05, 4.69) is 37.9 Å². The van der Waals surface area contributed by atoms with E-state index in [1.54, 1.807) is 21.9 Å². The third kappa shape index (κ3) is 2.76. The number of aromatic hydroxyl groups is 1. The van der Waals surface area contributed by atoms with Crippen molar-refractivity contribution in [2.24, 2.45) is 5.92 Å². The molecule has 6 heterocycles. The molecule has 0 amide bonds. The van der Waals surface area contributed by atoms with E-state index >= 15 is 0 Å². The first-order valence-electron chi connectivity index (χ1n) is 10.1. The number of thiazole rings is 1. The Kier molecular flexibility index (Phi) is 4.12. The summed E-state index contributed by atoms with van der Waals surface area (Å²) in [5.41, 5.74) is 2.42. The topological polar surface area (TPSA) is 75.7 Å². The van der Waals surface area contributed by atoms with Crippen LogP contribution < -0.4 is 5.56 Å². The maximum absolute atomic E-state index is 12.4. The number of likely N-dealkylation sites (tertiary alicyclic amines) is 1. The highest BCUT2D eigenvalue weighted by Gasteiger charge is 2.39. The number of aryl methyl sites for hydroxylation is 1. The number of hydrogen-bond donors (Lipinski definition) is 1. The predicted molar refractivity (Wildman–Crippen MR) is 117 cm³/mol. The van der Waals surface area contributed by atoms with Crippen LogP contribution in [0.1, 0.15) is 40.3 Å². The summed E-state index contributed by atoms with van der Waals surface area (Å²) >= 11 is 3.18. The molecule has 0 unspecified atom stereocenters. The van der Waals surface area contributed by atoms with Gasteiger partial charge in [0, 0.05) is 37.3 Å². The van der Waals surface area contributed by atoms with E-state index in [-0.39, 0.29) is 17.5 Å². The first-order chi connectivity index (χ1) is 14.6. The predicted octanol–water partition coefficient (Wildman–Crippen LogP) is 3.24. The van der Waals surface area contributed by atoms with Gasteiger partial charge in [0.15, 0.2) is 0 Å². The third-order valence-electron chi connectivity index (χ3n) is 6.29. The van der Waals surface area contributed by atoms with E-state index in [0.29, 0.717) is 22.6 Å². The quantitative estimate of drug-likeness (QED) is 0.530. The summed E-state index contributed by atoms with van der Waals surface area (Å²) in [5, 5.41) is 19.6. The Hall–Kier alpha value is -2.49. The lowest BCUT2D eigenvalue weighted by Crippen LogP contribution is -2.48. The molecule has 9 heteroatoms. The van der Waals surface area contributed by atoms with Gasteiger partial charge in [0.1, 0.15) is 5.82 Å². The monoisotopic (exact) mass is 439 g/mol. The molecule has 4 aromatic rings. The minimum atomic E-state index is -0.0441. The van der Waals surface area contributed by atoms with Crippen molar-refractivity contribution in [3.05, 3.63) is 67.3 Å². The van der Waals surface area contributed by atoms with E-state index in [0.717, 1.165) is 36.6 Å². The number of aromatic nitrogens is 4. The highest BCUT2D eigenvalue weighted by molar-refractivity contribution is 7.17. The van der Waals surface area contributed by atoms with Crippen LogP contribution in [0.5, 0.6) is 5.88 Å². The van der Waals surface area contributed by atoms with Crippen LogP contribution in [-0.4, -0.2) is 42.3 Å². The van der Waals surface area contributed by atoms with Crippen molar-refractivity contribution in [2.75, 3.05) is 13.1 Å². The molecule has 30 heavy (non-hydrogen) atoms. The number of thiophene rings is 1. The average molecular weight is 440 g/mol. The summed E-state index contributed by atoms with van der Waals surface area (Å²) in [5.74, 6) is 1.58. The largest absolute Gasteiger partial charge is 0.492 e. The molecule has 1 saturated heterocycles. The summed E-state index contributed by atoms with van der Waals surface area (Å²) in [6.07, 6.45) is 1.11. The number of nitrogens with zero attached hydrogens (tertiary/aromatic N) is 5. The summed E-state index contributed by atoms with van der Waals surface area (Å²) in [6, 6.07) is 7.72. The Balaban J connectivity index is 1.43. The van der Waals surface area contributed by atoms with Crippen molar-refractivity contribution >= 4 is 27.6 Å². The van der Waals surface area contributed by atoms with Gasteiger partial charge in [-0.25, -0.2) is 4.98 Å². The maximum atomic E-state index is 12.4. The van der Waals surface area contributed by atoms with Gasteiger partial charge in [-0.05, 0) is 47.7 Å². The van der Waals surface area contributed by atoms with Crippen molar-refractivity contribution < 1.29 is 5.11 Å². The van der Waals surface area contributed by atoms with Gasteiger partial charge in [0.25, 0.3) is 5.56 Å². The number of fused-ring (bicyclic) bond motifs is 5. The molecule has 7 nitrogen and oxygen atoms in total. The van der Waals surface area contributed by atoms with E-state index in [4.69, 9.17) is 0 Å². The molecule has 4 aromatic heterocycles. The van der Waals surface area contributed by atoms with Gasteiger partial charge in [0.05, 0.1) is 10.9 Å². The second kappa shape index (κ2) is 6.76. The van der Waals surface area contributed by atoms with Crippen LogP contribution in [0.15, 0.2) is 39.8 Å². The fraction of sp³-hybridized carbons (Fsp3) is 0.381. The number of pyridine rings is 1. The molecular formula is C21H21N5O2S2. The molecule has 2 bridgehead atoms.